The Hall–Kier alpha value is -3.14. The Morgan fingerprint density at radius 2 is 1.58 bits per heavy atom. The van der Waals surface area contributed by atoms with Gasteiger partial charge in [0, 0.05) is 12.1 Å². The zero-order chi connectivity index (χ0) is 18.2. The van der Waals surface area contributed by atoms with Crippen molar-refractivity contribution >= 4 is 5.91 Å². The molecule has 3 aromatic rings. The first kappa shape index (κ1) is 17.7. The van der Waals surface area contributed by atoms with E-state index in [1.165, 1.54) is 12.1 Å². The summed E-state index contributed by atoms with van der Waals surface area (Å²) < 4.78 is 18.6. The topological polar surface area (TPSA) is 38.3 Å². The van der Waals surface area contributed by atoms with E-state index >= 15 is 0 Å². The molecule has 26 heavy (non-hydrogen) atoms. The molecule has 1 N–H and O–H groups in total. The van der Waals surface area contributed by atoms with Gasteiger partial charge in [-0.1, -0.05) is 60.7 Å². The van der Waals surface area contributed by atoms with Crippen LogP contribution in [0.3, 0.4) is 0 Å². The predicted octanol–water partition coefficient (Wildman–Crippen LogP) is 4.23. The lowest BCUT2D eigenvalue weighted by Crippen LogP contribution is -2.30. The summed E-state index contributed by atoms with van der Waals surface area (Å²) in [4.78, 5) is 12.0. The highest BCUT2D eigenvalue weighted by molar-refractivity contribution is 5.78. The normalized spacial score (nSPS) is 10.3. The molecule has 0 fully saturated rings. The van der Waals surface area contributed by atoms with Crippen molar-refractivity contribution in [2.24, 2.45) is 0 Å². The van der Waals surface area contributed by atoms with E-state index in [4.69, 9.17) is 4.74 Å². The predicted molar refractivity (Wildman–Crippen MR) is 100 cm³/mol. The summed E-state index contributed by atoms with van der Waals surface area (Å²) in [5.41, 5.74) is 2.97. The van der Waals surface area contributed by atoms with E-state index < -0.39 is 0 Å². The minimum atomic E-state index is -0.261. The highest BCUT2D eigenvalue weighted by Crippen LogP contribution is 2.29. The van der Waals surface area contributed by atoms with Crippen LogP contribution in [0.25, 0.3) is 11.1 Å². The van der Waals surface area contributed by atoms with Crippen molar-refractivity contribution < 1.29 is 13.9 Å². The average Bonchev–Trinajstić information content (AvgIpc) is 2.69. The van der Waals surface area contributed by atoms with Crippen molar-refractivity contribution in [3.8, 4) is 16.9 Å². The molecule has 0 spiro atoms. The molecular weight excluding hydrogens is 329 g/mol. The molecule has 0 saturated heterocycles. The second kappa shape index (κ2) is 8.81. The van der Waals surface area contributed by atoms with Crippen LogP contribution in [0.5, 0.6) is 5.75 Å². The number of amides is 1. The molecule has 0 aromatic heterocycles. The molecule has 0 aliphatic heterocycles. The van der Waals surface area contributed by atoms with Gasteiger partial charge in [-0.25, -0.2) is 4.39 Å². The van der Waals surface area contributed by atoms with Crippen molar-refractivity contribution in [2.45, 2.75) is 6.42 Å². The minimum Gasteiger partial charge on any atom is -0.483 e. The van der Waals surface area contributed by atoms with Gasteiger partial charge in [0.1, 0.15) is 11.6 Å². The van der Waals surface area contributed by atoms with Gasteiger partial charge in [-0.05, 0) is 35.7 Å². The molecule has 3 rings (SSSR count). The smallest absolute Gasteiger partial charge is 0.257 e. The SMILES string of the molecule is O=C(COc1ccccc1-c1ccccc1)NCCc1ccc(F)cc1. The monoisotopic (exact) mass is 349 g/mol. The number of carbonyl (C=O) groups is 1. The van der Waals surface area contributed by atoms with Crippen LogP contribution in [-0.4, -0.2) is 19.1 Å². The summed E-state index contributed by atoms with van der Waals surface area (Å²) in [7, 11) is 0. The molecule has 0 saturated carbocycles. The van der Waals surface area contributed by atoms with Gasteiger partial charge < -0.3 is 10.1 Å². The third kappa shape index (κ3) is 4.93. The summed E-state index contributed by atoms with van der Waals surface area (Å²) in [6.07, 6.45) is 0.645. The number of benzene rings is 3. The van der Waals surface area contributed by atoms with Crippen LogP contribution in [0.15, 0.2) is 78.9 Å². The van der Waals surface area contributed by atoms with Gasteiger partial charge in [0.25, 0.3) is 5.91 Å². The fraction of sp³-hybridized carbons (Fsp3) is 0.136. The number of carbonyl (C=O) groups excluding carboxylic acids is 1. The van der Waals surface area contributed by atoms with E-state index in [0.717, 1.165) is 16.7 Å². The van der Waals surface area contributed by atoms with Gasteiger partial charge in [0.05, 0.1) is 0 Å². The molecule has 4 heteroatoms. The Kier molecular flexibility index (Phi) is 5.99. The molecule has 0 bridgehead atoms. The largest absolute Gasteiger partial charge is 0.483 e. The summed E-state index contributed by atoms with van der Waals surface area (Å²) >= 11 is 0. The number of ether oxygens (including phenoxy) is 1. The first-order chi connectivity index (χ1) is 12.7. The van der Waals surface area contributed by atoms with E-state index in [1.807, 2.05) is 54.6 Å². The van der Waals surface area contributed by atoms with Crippen molar-refractivity contribution in [2.75, 3.05) is 13.2 Å². The maximum absolute atomic E-state index is 12.9. The quantitative estimate of drug-likeness (QED) is 0.693. The van der Waals surface area contributed by atoms with Gasteiger partial charge in [0.2, 0.25) is 0 Å². The summed E-state index contributed by atoms with van der Waals surface area (Å²) in [5.74, 6) is 0.227. The van der Waals surface area contributed by atoms with E-state index in [0.29, 0.717) is 18.7 Å². The number of halogens is 1. The average molecular weight is 349 g/mol. The van der Waals surface area contributed by atoms with Crippen LogP contribution >= 0.6 is 0 Å². The fourth-order valence-electron chi connectivity index (χ4n) is 2.64. The molecule has 3 aromatic carbocycles. The Morgan fingerprint density at radius 1 is 0.885 bits per heavy atom. The zero-order valence-electron chi connectivity index (χ0n) is 14.3. The van der Waals surface area contributed by atoms with Gasteiger partial charge in [-0.15, -0.1) is 0 Å². The summed E-state index contributed by atoms with van der Waals surface area (Å²) in [5, 5.41) is 2.82. The fourth-order valence-corrected chi connectivity index (χ4v) is 2.64. The van der Waals surface area contributed by atoms with Crippen molar-refractivity contribution in [3.05, 3.63) is 90.2 Å². The number of nitrogens with one attached hydrogen (secondary N) is 1. The van der Waals surface area contributed by atoms with Gasteiger partial charge in [-0.3, -0.25) is 4.79 Å². The Morgan fingerprint density at radius 3 is 2.35 bits per heavy atom. The lowest BCUT2D eigenvalue weighted by atomic mass is 10.1. The summed E-state index contributed by atoms with van der Waals surface area (Å²) in [6.45, 7) is 0.432. The van der Waals surface area contributed by atoms with Gasteiger partial charge in [0.15, 0.2) is 6.61 Å². The molecule has 3 nitrogen and oxygen atoms in total. The first-order valence-corrected chi connectivity index (χ1v) is 8.51. The molecule has 0 radical (unpaired) electrons. The van der Waals surface area contributed by atoms with Crippen LogP contribution in [-0.2, 0) is 11.2 Å². The lowest BCUT2D eigenvalue weighted by Gasteiger charge is -2.12. The maximum Gasteiger partial charge on any atom is 0.257 e. The van der Waals surface area contributed by atoms with Crippen LogP contribution < -0.4 is 10.1 Å². The van der Waals surface area contributed by atoms with Crippen LogP contribution in [0, 0.1) is 5.82 Å². The number of hydrogen-bond acceptors (Lipinski definition) is 2. The second-order valence-corrected chi connectivity index (χ2v) is 5.88. The van der Waals surface area contributed by atoms with Crippen molar-refractivity contribution in [3.63, 3.8) is 0 Å². The van der Waals surface area contributed by atoms with E-state index in [9.17, 15) is 9.18 Å². The van der Waals surface area contributed by atoms with E-state index in [-0.39, 0.29) is 18.3 Å². The molecule has 0 aliphatic rings. The Balaban J connectivity index is 1.51. The van der Waals surface area contributed by atoms with E-state index in [2.05, 4.69) is 5.32 Å². The van der Waals surface area contributed by atoms with Crippen LogP contribution in [0.1, 0.15) is 5.56 Å². The Labute approximate surface area is 152 Å². The molecule has 0 heterocycles. The minimum absolute atomic E-state index is 0.0483. The van der Waals surface area contributed by atoms with Gasteiger partial charge in [-0.2, -0.15) is 0 Å². The highest BCUT2D eigenvalue weighted by Gasteiger charge is 2.08. The third-order valence-corrected chi connectivity index (χ3v) is 3.98. The molecule has 0 unspecified atom stereocenters. The third-order valence-electron chi connectivity index (χ3n) is 3.98. The molecule has 0 aliphatic carbocycles. The number of rotatable bonds is 7. The van der Waals surface area contributed by atoms with Gasteiger partial charge >= 0.3 is 0 Å². The summed E-state index contributed by atoms with van der Waals surface area (Å²) in [6, 6.07) is 23.8. The molecule has 1 amide bonds. The second-order valence-electron chi connectivity index (χ2n) is 5.88. The van der Waals surface area contributed by atoms with E-state index in [1.54, 1.807) is 12.1 Å². The molecule has 0 atom stereocenters. The van der Waals surface area contributed by atoms with Crippen molar-refractivity contribution in [1.29, 1.82) is 0 Å². The maximum atomic E-state index is 12.9. The first-order valence-electron chi connectivity index (χ1n) is 8.51. The van der Waals surface area contributed by atoms with Crippen molar-refractivity contribution in [1.82, 2.24) is 5.32 Å². The van der Waals surface area contributed by atoms with Crippen LogP contribution in [0.4, 0.5) is 4.39 Å². The number of para-hydroxylation sites is 1. The molecule has 132 valence electrons. The standard InChI is InChI=1S/C22H20FNO2/c23-19-12-10-17(11-13-19)14-15-24-22(25)16-26-21-9-5-4-8-20(21)18-6-2-1-3-7-18/h1-13H,14-16H2,(H,24,25). The van der Waals surface area contributed by atoms with Crippen LogP contribution in [0.2, 0.25) is 0 Å². The molecular formula is C22H20FNO2. The lowest BCUT2D eigenvalue weighted by molar-refractivity contribution is -0.123. The zero-order valence-corrected chi connectivity index (χ0v) is 14.3. The number of hydrogen-bond donors (Lipinski definition) is 1. The Bertz CT molecular complexity index is 848. The highest BCUT2D eigenvalue weighted by atomic mass is 19.1.